The van der Waals surface area contributed by atoms with E-state index in [-0.39, 0.29) is 41.9 Å². The van der Waals surface area contributed by atoms with Crippen LogP contribution in [-0.2, 0) is 28.9 Å². The number of morpholine rings is 1. The number of halogens is 1. The summed E-state index contributed by atoms with van der Waals surface area (Å²) in [6.07, 6.45) is 1.67. The van der Waals surface area contributed by atoms with E-state index in [1.807, 2.05) is 0 Å². The monoisotopic (exact) mass is 668 g/mol. The molecule has 2 aromatic rings. The van der Waals surface area contributed by atoms with E-state index in [0.29, 0.717) is 62.8 Å². The third kappa shape index (κ3) is 7.23. The van der Waals surface area contributed by atoms with Gasteiger partial charge in [0.25, 0.3) is 5.91 Å². The maximum absolute atomic E-state index is 14.4. The van der Waals surface area contributed by atoms with Gasteiger partial charge in [0.2, 0.25) is 27.8 Å². The van der Waals surface area contributed by atoms with Crippen LogP contribution in [0.25, 0.3) is 10.8 Å². The molecule has 3 amide bonds. The summed E-state index contributed by atoms with van der Waals surface area (Å²) >= 11 is 0. The van der Waals surface area contributed by atoms with Crippen LogP contribution in [-0.4, -0.2) is 113 Å². The maximum Gasteiger partial charge on any atom is 0.363 e. The van der Waals surface area contributed by atoms with Gasteiger partial charge in [-0.15, -0.1) is 0 Å². The van der Waals surface area contributed by atoms with E-state index >= 15 is 0 Å². The lowest BCUT2D eigenvalue weighted by Gasteiger charge is -2.39. The third-order valence-electron chi connectivity index (χ3n) is 8.62. The first-order valence-corrected chi connectivity index (χ1v) is 18.3. The van der Waals surface area contributed by atoms with Crippen LogP contribution in [0.1, 0.15) is 54.4 Å². The Bertz CT molecular complexity index is 1610. The first-order chi connectivity index (χ1) is 21.3. The molecule has 3 N–H and O–H groups in total. The molecular formula is C29H38FN4O9PS. The Labute approximate surface area is 260 Å². The number of hydrogen-bond acceptors (Lipinski definition) is 7. The van der Waals surface area contributed by atoms with E-state index in [1.54, 1.807) is 17.9 Å². The highest BCUT2D eigenvalue weighted by Crippen LogP contribution is 2.52. The van der Waals surface area contributed by atoms with Crippen LogP contribution in [0, 0.1) is 0 Å². The van der Waals surface area contributed by atoms with Crippen molar-refractivity contribution in [3.8, 4) is 0 Å². The molecule has 45 heavy (non-hydrogen) atoms. The summed E-state index contributed by atoms with van der Waals surface area (Å²) in [5.41, 5.74) is -0.181. The molecule has 0 aromatic heterocycles. The van der Waals surface area contributed by atoms with Gasteiger partial charge in [-0.25, -0.2) is 12.8 Å². The van der Waals surface area contributed by atoms with Crippen molar-refractivity contribution in [2.75, 3.05) is 45.1 Å². The minimum absolute atomic E-state index is 0.0722. The molecular weight excluding hydrogens is 630 g/mol. The second kappa shape index (κ2) is 13.4. The van der Waals surface area contributed by atoms with Crippen molar-refractivity contribution >= 4 is 46.1 Å². The molecule has 5 rings (SSSR count). The van der Waals surface area contributed by atoms with Crippen molar-refractivity contribution in [1.29, 1.82) is 0 Å². The average molecular weight is 669 g/mol. The summed E-state index contributed by atoms with van der Waals surface area (Å²) in [5, 5.41) is 3.61. The molecule has 2 aromatic carbocycles. The van der Waals surface area contributed by atoms with E-state index in [9.17, 15) is 41.5 Å². The Morgan fingerprint density at radius 3 is 2.47 bits per heavy atom. The van der Waals surface area contributed by atoms with Gasteiger partial charge in [0.05, 0.1) is 19.0 Å². The van der Waals surface area contributed by atoms with Gasteiger partial charge in [0.15, 0.2) is 0 Å². The molecule has 0 saturated carbocycles. The highest BCUT2D eigenvalue weighted by Gasteiger charge is 2.47. The number of benzene rings is 2. The Morgan fingerprint density at radius 2 is 1.78 bits per heavy atom. The number of hydrogen-bond donors (Lipinski definition) is 3. The van der Waals surface area contributed by atoms with Crippen LogP contribution in [0.3, 0.4) is 0 Å². The van der Waals surface area contributed by atoms with Crippen molar-refractivity contribution in [2.45, 2.75) is 56.6 Å². The number of alkyl halides is 1. The molecule has 3 aliphatic heterocycles. The van der Waals surface area contributed by atoms with Crippen LogP contribution >= 0.6 is 7.60 Å². The number of ether oxygens (including phenoxy) is 1. The first-order valence-electron chi connectivity index (χ1n) is 15.0. The lowest BCUT2D eigenvalue weighted by Crippen LogP contribution is -2.61. The molecule has 4 atom stereocenters. The molecule has 13 nitrogen and oxygen atoms in total. The van der Waals surface area contributed by atoms with Gasteiger partial charge in [-0.2, -0.15) is 4.31 Å². The topological polar surface area (TPSA) is 174 Å². The quantitative estimate of drug-likeness (QED) is 0.354. The Kier molecular flexibility index (Phi) is 9.97. The lowest BCUT2D eigenvalue weighted by molar-refractivity contribution is -0.149. The van der Waals surface area contributed by atoms with Crippen LogP contribution in [0.2, 0.25) is 0 Å². The Hall–Kier alpha value is -2.94. The standard InChI is InChI=1S/C29H38FN4O9PS/c1-2-15-45(41,42)33-10-9-23-7-8-25(29(37)32-11-13-43-14-12-32)34(23)28(36)24(18-33)31-27(35)21-6-4-19-3-5-20(16-22(19)17-21)26(30)44(38,39)40/h3-6,16-17,23-26H,2,7-15,18H2,1H3,(H,31,35)(H2,38,39,40)/t23-,24+,25+,26?/m1/s1. The molecule has 0 spiro atoms. The van der Waals surface area contributed by atoms with Crippen LogP contribution in [0.5, 0.6) is 0 Å². The third-order valence-corrected chi connectivity index (χ3v) is 11.5. The van der Waals surface area contributed by atoms with Crippen LogP contribution in [0.4, 0.5) is 4.39 Å². The number of amides is 3. The van der Waals surface area contributed by atoms with Gasteiger partial charge in [-0.05, 0) is 60.2 Å². The second-order valence-electron chi connectivity index (χ2n) is 11.7. The van der Waals surface area contributed by atoms with Gasteiger partial charge in [-0.1, -0.05) is 25.1 Å². The van der Waals surface area contributed by atoms with Crippen molar-refractivity contribution in [2.24, 2.45) is 0 Å². The summed E-state index contributed by atoms with van der Waals surface area (Å²) in [5.74, 6) is -4.09. The van der Waals surface area contributed by atoms with Gasteiger partial charge < -0.3 is 29.6 Å². The lowest BCUT2D eigenvalue weighted by atomic mass is 10.0. The molecule has 0 bridgehead atoms. The average Bonchev–Trinajstić information content (AvgIpc) is 3.43. The number of nitrogens with one attached hydrogen (secondary N) is 1. The zero-order valence-corrected chi connectivity index (χ0v) is 26.6. The van der Waals surface area contributed by atoms with Crippen molar-refractivity contribution in [1.82, 2.24) is 19.4 Å². The van der Waals surface area contributed by atoms with E-state index < -0.39 is 47.4 Å². The summed E-state index contributed by atoms with van der Waals surface area (Å²) in [6.45, 7) is 3.18. The SMILES string of the molecule is CCCS(=O)(=O)N1CC[C@H]2CC[C@@H](C(=O)N3CCOCC3)N2C(=O)[C@@H](NC(=O)c2ccc3ccc(C(F)P(=O)(O)O)cc3c2)C1. The van der Waals surface area contributed by atoms with Crippen LogP contribution in [0.15, 0.2) is 36.4 Å². The maximum atomic E-state index is 14.4. The molecule has 0 aliphatic carbocycles. The molecule has 3 fully saturated rings. The van der Waals surface area contributed by atoms with Gasteiger partial charge >= 0.3 is 7.60 Å². The second-order valence-corrected chi connectivity index (χ2v) is 15.4. The number of carbonyl (C=O) groups excluding carboxylic acids is 3. The predicted molar refractivity (Wildman–Crippen MR) is 162 cm³/mol. The normalized spacial score (nSPS) is 24.2. The zero-order valence-electron chi connectivity index (χ0n) is 24.9. The fourth-order valence-corrected chi connectivity index (χ4v) is 8.40. The van der Waals surface area contributed by atoms with E-state index in [2.05, 4.69) is 5.32 Å². The largest absolute Gasteiger partial charge is 0.378 e. The van der Waals surface area contributed by atoms with E-state index in [1.165, 1.54) is 39.5 Å². The predicted octanol–water partition coefficient (Wildman–Crippen LogP) is 1.75. The fraction of sp³-hybridized carbons (Fsp3) is 0.552. The van der Waals surface area contributed by atoms with E-state index in [4.69, 9.17) is 4.74 Å². The fourth-order valence-electron chi connectivity index (χ4n) is 6.32. The minimum atomic E-state index is -5.06. The summed E-state index contributed by atoms with van der Waals surface area (Å²) in [6, 6.07) is 6.02. The van der Waals surface area contributed by atoms with Crippen molar-refractivity contribution in [3.05, 3.63) is 47.5 Å². The Morgan fingerprint density at radius 1 is 1.07 bits per heavy atom. The minimum Gasteiger partial charge on any atom is -0.378 e. The summed E-state index contributed by atoms with van der Waals surface area (Å²) in [4.78, 5) is 63.0. The van der Waals surface area contributed by atoms with Gasteiger partial charge in [0, 0.05) is 37.8 Å². The molecule has 246 valence electrons. The highest BCUT2D eigenvalue weighted by atomic mass is 32.2. The number of rotatable bonds is 8. The molecule has 16 heteroatoms. The van der Waals surface area contributed by atoms with Crippen molar-refractivity contribution < 1.29 is 46.3 Å². The summed E-state index contributed by atoms with van der Waals surface area (Å²) < 4.78 is 58.8. The highest BCUT2D eigenvalue weighted by molar-refractivity contribution is 7.89. The van der Waals surface area contributed by atoms with Gasteiger partial charge in [0.1, 0.15) is 12.1 Å². The first kappa shape index (κ1) is 33.4. The number of nitrogens with zero attached hydrogens (tertiary/aromatic N) is 3. The van der Waals surface area contributed by atoms with E-state index in [0.717, 1.165) is 0 Å². The molecule has 0 radical (unpaired) electrons. The zero-order chi connectivity index (χ0) is 32.5. The summed E-state index contributed by atoms with van der Waals surface area (Å²) in [7, 11) is -8.79. The van der Waals surface area contributed by atoms with Crippen molar-refractivity contribution in [3.63, 3.8) is 0 Å². The number of carbonyl (C=O) groups is 3. The van der Waals surface area contributed by atoms with Crippen LogP contribution < -0.4 is 5.32 Å². The number of fused-ring (bicyclic) bond motifs is 2. The molecule has 1 unspecified atom stereocenters. The molecule has 3 aliphatic rings. The smallest absolute Gasteiger partial charge is 0.363 e. The number of sulfonamides is 1. The molecule has 3 heterocycles. The molecule has 3 saturated heterocycles. The van der Waals surface area contributed by atoms with Gasteiger partial charge in [-0.3, -0.25) is 18.9 Å². The Balaban J connectivity index is 1.44.